The highest BCUT2D eigenvalue weighted by Crippen LogP contribution is 2.14. The van der Waals surface area contributed by atoms with Crippen LogP contribution in [0.2, 0.25) is 0 Å². The summed E-state index contributed by atoms with van der Waals surface area (Å²) in [4.78, 5) is 25.8. The lowest BCUT2D eigenvalue weighted by molar-refractivity contribution is 0.0295. The Kier molecular flexibility index (Phi) is 11.4. The lowest BCUT2D eigenvalue weighted by Crippen LogP contribution is -2.34. The minimum absolute atomic E-state index is 0.102. The molecule has 0 aliphatic heterocycles. The van der Waals surface area contributed by atoms with Crippen LogP contribution in [0.3, 0.4) is 0 Å². The van der Waals surface area contributed by atoms with Gasteiger partial charge in [-0.1, -0.05) is 39.0 Å². The molecule has 1 rings (SSSR count). The topological polar surface area (TPSA) is 58.6 Å². The molecule has 0 saturated heterocycles. The van der Waals surface area contributed by atoms with Gasteiger partial charge in [0.25, 0.3) is 0 Å². The summed E-state index contributed by atoms with van der Waals surface area (Å²) in [7, 11) is 1.70. The fourth-order valence-electron chi connectivity index (χ4n) is 2.96. The van der Waals surface area contributed by atoms with Crippen molar-refractivity contribution in [3.63, 3.8) is 0 Å². The van der Waals surface area contributed by atoms with Gasteiger partial charge in [-0.25, -0.2) is 4.79 Å². The molecule has 5 nitrogen and oxygen atoms in total. The molecule has 0 unspecified atom stereocenters. The summed E-state index contributed by atoms with van der Waals surface area (Å²) in [6.45, 7) is 9.23. The maximum atomic E-state index is 12.4. The Labute approximate surface area is 177 Å². The van der Waals surface area contributed by atoms with Gasteiger partial charge in [-0.2, -0.15) is 0 Å². The molecule has 0 saturated carbocycles. The van der Waals surface area contributed by atoms with E-state index in [1.165, 1.54) is 43.4 Å². The van der Waals surface area contributed by atoms with Gasteiger partial charge in [0.05, 0.1) is 0 Å². The summed E-state index contributed by atoms with van der Waals surface area (Å²) < 4.78 is 5.31. The minimum Gasteiger partial charge on any atom is -0.444 e. The second-order valence-corrected chi connectivity index (χ2v) is 8.70. The van der Waals surface area contributed by atoms with Gasteiger partial charge in [-0.15, -0.1) is 0 Å². The SMILES string of the molecule is CCCCCCCCNc1ccc(C(=O)CCCN(C)C(=O)OC(C)(C)C)cc1. The summed E-state index contributed by atoms with van der Waals surface area (Å²) in [6, 6.07) is 7.70. The normalized spacial score (nSPS) is 11.2. The summed E-state index contributed by atoms with van der Waals surface area (Å²) >= 11 is 0. The highest BCUT2D eigenvalue weighted by Gasteiger charge is 2.19. The van der Waals surface area contributed by atoms with E-state index in [0.717, 1.165) is 17.8 Å². The Morgan fingerprint density at radius 2 is 1.59 bits per heavy atom. The number of Topliss-reactive ketones (excluding diaryl/α,β-unsaturated/α-hetero) is 1. The first-order valence-corrected chi connectivity index (χ1v) is 11.0. The van der Waals surface area contributed by atoms with Gasteiger partial charge in [0.1, 0.15) is 5.60 Å². The van der Waals surface area contributed by atoms with Gasteiger partial charge in [0.15, 0.2) is 5.78 Å². The van der Waals surface area contributed by atoms with Crippen LogP contribution in [0, 0.1) is 0 Å². The van der Waals surface area contributed by atoms with Crippen LogP contribution in [0.1, 0.15) is 89.4 Å². The van der Waals surface area contributed by atoms with Crippen molar-refractivity contribution in [2.75, 3.05) is 25.5 Å². The second kappa shape index (κ2) is 13.2. The molecule has 5 heteroatoms. The summed E-state index contributed by atoms with van der Waals surface area (Å²) in [5.74, 6) is 0.102. The predicted molar refractivity (Wildman–Crippen MR) is 121 cm³/mol. The smallest absolute Gasteiger partial charge is 0.410 e. The lowest BCUT2D eigenvalue weighted by atomic mass is 10.1. The van der Waals surface area contributed by atoms with Crippen molar-refractivity contribution in [3.05, 3.63) is 29.8 Å². The van der Waals surface area contributed by atoms with E-state index in [2.05, 4.69) is 12.2 Å². The molecule has 0 aliphatic rings. The number of amides is 1. The molecule has 1 aromatic rings. The zero-order valence-corrected chi connectivity index (χ0v) is 19.1. The minimum atomic E-state index is -0.508. The van der Waals surface area contributed by atoms with Crippen molar-refractivity contribution in [2.24, 2.45) is 0 Å². The van der Waals surface area contributed by atoms with Crippen LogP contribution >= 0.6 is 0 Å². The molecular weight excluding hydrogens is 364 g/mol. The number of rotatable bonds is 13. The molecule has 1 N–H and O–H groups in total. The van der Waals surface area contributed by atoms with Crippen molar-refractivity contribution in [2.45, 2.75) is 84.7 Å². The molecule has 0 fully saturated rings. The number of carbonyl (C=O) groups is 2. The Bertz CT molecular complexity index is 606. The van der Waals surface area contributed by atoms with Gasteiger partial charge in [0, 0.05) is 37.8 Å². The quantitative estimate of drug-likeness (QED) is 0.310. The highest BCUT2D eigenvalue weighted by molar-refractivity contribution is 5.96. The van der Waals surface area contributed by atoms with Crippen LogP contribution < -0.4 is 5.32 Å². The third-order valence-corrected chi connectivity index (χ3v) is 4.67. The van der Waals surface area contributed by atoms with Crippen LogP contribution in [0.25, 0.3) is 0 Å². The van der Waals surface area contributed by atoms with Crippen LogP contribution in [0.15, 0.2) is 24.3 Å². The molecule has 0 aromatic heterocycles. The Morgan fingerprint density at radius 1 is 0.966 bits per heavy atom. The Hall–Kier alpha value is -2.04. The number of unbranched alkanes of at least 4 members (excludes halogenated alkanes) is 5. The van der Waals surface area contributed by atoms with Crippen LogP contribution in [0.5, 0.6) is 0 Å². The predicted octanol–water partition coefficient (Wildman–Crippen LogP) is 6.29. The van der Waals surface area contributed by atoms with Crippen molar-refractivity contribution in [3.8, 4) is 0 Å². The third kappa shape index (κ3) is 11.5. The number of benzene rings is 1. The van der Waals surface area contributed by atoms with Crippen molar-refractivity contribution in [1.82, 2.24) is 4.90 Å². The summed E-state index contributed by atoms with van der Waals surface area (Å²) in [5, 5.41) is 3.42. The average Bonchev–Trinajstić information content (AvgIpc) is 2.66. The van der Waals surface area contributed by atoms with E-state index in [1.54, 1.807) is 7.05 Å². The van der Waals surface area contributed by atoms with E-state index < -0.39 is 5.60 Å². The molecular formula is C24H40N2O3. The highest BCUT2D eigenvalue weighted by atomic mass is 16.6. The third-order valence-electron chi connectivity index (χ3n) is 4.67. The zero-order chi connectivity index (χ0) is 21.7. The van der Waals surface area contributed by atoms with Gasteiger partial charge in [0.2, 0.25) is 0 Å². The molecule has 0 aliphatic carbocycles. The van der Waals surface area contributed by atoms with Gasteiger partial charge in [-0.3, -0.25) is 4.79 Å². The van der Waals surface area contributed by atoms with Gasteiger partial charge in [-0.05, 0) is 57.9 Å². The number of anilines is 1. The molecule has 0 radical (unpaired) electrons. The zero-order valence-electron chi connectivity index (χ0n) is 19.1. The van der Waals surface area contributed by atoms with E-state index in [4.69, 9.17) is 4.74 Å². The molecule has 0 heterocycles. The van der Waals surface area contributed by atoms with Crippen molar-refractivity contribution < 1.29 is 14.3 Å². The van der Waals surface area contributed by atoms with Crippen LogP contribution in [-0.4, -0.2) is 42.5 Å². The molecule has 0 bridgehead atoms. The fraction of sp³-hybridized carbons (Fsp3) is 0.667. The number of hydrogen-bond donors (Lipinski definition) is 1. The number of ether oxygens (including phenoxy) is 1. The van der Waals surface area contributed by atoms with E-state index in [9.17, 15) is 9.59 Å². The number of carbonyl (C=O) groups excluding carboxylic acids is 2. The Balaban J connectivity index is 2.27. The van der Waals surface area contributed by atoms with E-state index in [0.29, 0.717) is 19.4 Å². The molecule has 29 heavy (non-hydrogen) atoms. The number of ketones is 1. The van der Waals surface area contributed by atoms with E-state index in [1.807, 2.05) is 45.0 Å². The van der Waals surface area contributed by atoms with Gasteiger partial charge < -0.3 is 15.0 Å². The largest absolute Gasteiger partial charge is 0.444 e. The lowest BCUT2D eigenvalue weighted by Gasteiger charge is -2.24. The average molecular weight is 405 g/mol. The molecule has 1 amide bonds. The van der Waals surface area contributed by atoms with Crippen LogP contribution in [0.4, 0.5) is 10.5 Å². The second-order valence-electron chi connectivity index (χ2n) is 8.70. The number of nitrogens with one attached hydrogen (secondary N) is 1. The Morgan fingerprint density at radius 3 is 2.21 bits per heavy atom. The molecule has 0 atom stereocenters. The van der Waals surface area contributed by atoms with E-state index in [-0.39, 0.29) is 11.9 Å². The first-order valence-electron chi connectivity index (χ1n) is 11.0. The summed E-state index contributed by atoms with van der Waals surface area (Å²) in [6.07, 6.45) is 8.38. The standard InChI is InChI=1S/C24H40N2O3/c1-6-7-8-9-10-11-18-25-21-16-14-20(15-17-21)22(27)13-12-19-26(5)23(28)29-24(2,3)4/h14-17,25H,6-13,18-19H2,1-5H3. The van der Waals surface area contributed by atoms with Crippen molar-refractivity contribution in [1.29, 1.82) is 0 Å². The summed E-state index contributed by atoms with van der Waals surface area (Å²) in [5.41, 5.74) is 1.27. The van der Waals surface area contributed by atoms with Crippen LogP contribution in [-0.2, 0) is 4.74 Å². The van der Waals surface area contributed by atoms with Gasteiger partial charge >= 0.3 is 6.09 Å². The molecule has 164 valence electrons. The maximum absolute atomic E-state index is 12.4. The molecule has 1 aromatic carbocycles. The first-order chi connectivity index (χ1) is 13.7. The number of nitrogens with zero attached hydrogens (tertiary/aromatic N) is 1. The monoisotopic (exact) mass is 404 g/mol. The van der Waals surface area contributed by atoms with E-state index >= 15 is 0 Å². The number of hydrogen-bond acceptors (Lipinski definition) is 4. The molecule has 0 spiro atoms. The van der Waals surface area contributed by atoms with Crippen molar-refractivity contribution >= 4 is 17.6 Å². The maximum Gasteiger partial charge on any atom is 0.410 e. The fourth-order valence-corrected chi connectivity index (χ4v) is 2.96. The first kappa shape index (κ1) is 25.0.